The summed E-state index contributed by atoms with van der Waals surface area (Å²) in [7, 11) is 2.07. The fraction of sp³-hybridized carbons (Fsp3) is 1.00. The first-order valence-corrected chi connectivity index (χ1v) is 5.68. The van der Waals surface area contributed by atoms with Gasteiger partial charge in [0.25, 0.3) is 0 Å². The van der Waals surface area contributed by atoms with Crippen LogP contribution >= 0.6 is 0 Å². The standard InChI is InChI=1S/C11H26N2/c1-5-8-11(12-4)10-13(7-3)9-6-2/h11-12H,5-10H2,1-4H3. The van der Waals surface area contributed by atoms with E-state index in [4.69, 9.17) is 0 Å². The summed E-state index contributed by atoms with van der Waals surface area (Å²) in [5.41, 5.74) is 0. The van der Waals surface area contributed by atoms with Gasteiger partial charge in [0, 0.05) is 12.6 Å². The van der Waals surface area contributed by atoms with Crippen molar-refractivity contribution >= 4 is 0 Å². The van der Waals surface area contributed by atoms with Gasteiger partial charge in [-0.05, 0) is 33.0 Å². The molecule has 0 saturated heterocycles. The molecule has 0 amide bonds. The molecule has 0 aliphatic carbocycles. The average Bonchev–Trinajstić information content (AvgIpc) is 2.16. The Balaban J connectivity index is 3.73. The van der Waals surface area contributed by atoms with Crippen LogP contribution in [0.3, 0.4) is 0 Å². The van der Waals surface area contributed by atoms with Gasteiger partial charge in [-0.1, -0.05) is 27.2 Å². The van der Waals surface area contributed by atoms with E-state index in [0.29, 0.717) is 6.04 Å². The summed E-state index contributed by atoms with van der Waals surface area (Å²) in [5, 5.41) is 3.38. The molecule has 0 rings (SSSR count). The van der Waals surface area contributed by atoms with E-state index in [2.05, 4.69) is 38.0 Å². The molecule has 80 valence electrons. The number of rotatable bonds is 8. The first kappa shape index (κ1) is 12.9. The SMILES string of the molecule is CCCC(CN(CC)CCC)NC. The Bertz CT molecular complexity index is 92.3. The number of likely N-dealkylation sites (N-methyl/N-ethyl adjacent to an activating group) is 2. The van der Waals surface area contributed by atoms with Gasteiger partial charge >= 0.3 is 0 Å². The number of hydrogen-bond acceptors (Lipinski definition) is 2. The zero-order valence-electron chi connectivity index (χ0n) is 9.77. The van der Waals surface area contributed by atoms with Gasteiger partial charge in [-0.25, -0.2) is 0 Å². The van der Waals surface area contributed by atoms with E-state index >= 15 is 0 Å². The molecule has 0 aliphatic heterocycles. The molecular formula is C11H26N2. The van der Waals surface area contributed by atoms with Crippen molar-refractivity contribution in [3.05, 3.63) is 0 Å². The van der Waals surface area contributed by atoms with Gasteiger partial charge in [-0.2, -0.15) is 0 Å². The number of nitrogens with zero attached hydrogens (tertiary/aromatic N) is 1. The summed E-state index contributed by atoms with van der Waals surface area (Å²) in [6.45, 7) is 10.4. The van der Waals surface area contributed by atoms with Crippen molar-refractivity contribution in [2.24, 2.45) is 0 Å². The lowest BCUT2D eigenvalue weighted by atomic mass is 10.1. The fourth-order valence-electron chi connectivity index (χ4n) is 1.68. The topological polar surface area (TPSA) is 15.3 Å². The zero-order chi connectivity index (χ0) is 10.1. The van der Waals surface area contributed by atoms with Crippen LogP contribution < -0.4 is 5.32 Å². The normalized spacial score (nSPS) is 13.6. The minimum Gasteiger partial charge on any atom is -0.316 e. The van der Waals surface area contributed by atoms with Crippen molar-refractivity contribution in [3.63, 3.8) is 0 Å². The van der Waals surface area contributed by atoms with E-state index < -0.39 is 0 Å². The van der Waals surface area contributed by atoms with Crippen molar-refractivity contribution in [2.45, 2.75) is 46.1 Å². The quantitative estimate of drug-likeness (QED) is 0.624. The van der Waals surface area contributed by atoms with E-state index in [1.165, 1.54) is 38.9 Å². The van der Waals surface area contributed by atoms with Gasteiger partial charge in [-0.3, -0.25) is 0 Å². The van der Waals surface area contributed by atoms with E-state index in [0.717, 1.165) is 0 Å². The molecule has 0 spiro atoms. The predicted octanol–water partition coefficient (Wildman–Crippen LogP) is 2.11. The predicted molar refractivity (Wildman–Crippen MR) is 60.2 cm³/mol. The average molecular weight is 186 g/mol. The molecule has 0 aromatic carbocycles. The van der Waals surface area contributed by atoms with Crippen LogP contribution in [-0.2, 0) is 0 Å². The number of hydrogen-bond donors (Lipinski definition) is 1. The second kappa shape index (κ2) is 8.52. The maximum atomic E-state index is 3.38. The molecule has 2 nitrogen and oxygen atoms in total. The van der Waals surface area contributed by atoms with E-state index in [9.17, 15) is 0 Å². The highest BCUT2D eigenvalue weighted by Gasteiger charge is 2.08. The summed E-state index contributed by atoms with van der Waals surface area (Å²) in [4.78, 5) is 2.52. The lowest BCUT2D eigenvalue weighted by molar-refractivity contribution is 0.251. The second-order valence-corrected chi connectivity index (χ2v) is 3.67. The highest BCUT2D eigenvalue weighted by atomic mass is 15.1. The minimum absolute atomic E-state index is 0.677. The van der Waals surface area contributed by atoms with Gasteiger partial charge in [-0.15, -0.1) is 0 Å². The first-order valence-electron chi connectivity index (χ1n) is 5.68. The van der Waals surface area contributed by atoms with E-state index in [1.807, 2.05) is 0 Å². The lowest BCUT2D eigenvalue weighted by Gasteiger charge is -2.25. The van der Waals surface area contributed by atoms with Crippen LogP contribution in [0, 0.1) is 0 Å². The smallest absolute Gasteiger partial charge is 0.0191 e. The summed E-state index contributed by atoms with van der Waals surface area (Å²) >= 11 is 0. The van der Waals surface area contributed by atoms with Gasteiger partial charge in [0.2, 0.25) is 0 Å². The molecule has 0 heterocycles. The maximum absolute atomic E-state index is 3.38. The Hall–Kier alpha value is -0.0800. The third-order valence-corrected chi connectivity index (χ3v) is 2.51. The van der Waals surface area contributed by atoms with Crippen LogP contribution in [0.5, 0.6) is 0 Å². The molecule has 0 fully saturated rings. The van der Waals surface area contributed by atoms with Crippen LogP contribution in [0.2, 0.25) is 0 Å². The van der Waals surface area contributed by atoms with E-state index in [1.54, 1.807) is 0 Å². The Morgan fingerprint density at radius 3 is 2.23 bits per heavy atom. The van der Waals surface area contributed by atoms with Crippen molar-refractivity contribution in [1.82, 2.24) is 10.2 Å². The second-order valence-electron chi connectivity index (χ2n) is 3.67. The maximum Gasteiger partial charge on any atom is 0.0191 e. The van der Waals surface area contributed by atoms with Crippen LogP contribution in [-0.4, -0.2) is 37.6 Å². The molecule has 13 heavy (non-hydrogen) atoms. The lowest BCUT2D eigenvalue weighted by Crippen LogP contribution is -2.39. The summed E-state index contributed by atoms with van der Waals surface area (Å²) < 4.78 is 0. The summed E-state index contributed by atoms with van der Waals surface area (Å²) in [6, 6.07) is 0.677. The van der Waals surface area contributed by atoms with Crippen LogP contribution in [0.1, 0.15) is 40.0 Å². The van der Waals surface area contributed by atoms with Crippen molar-refractivity contribution in [3.8, 4) is 0 Å². The van der Waals surface area contributed by atoms with Crippen molar-refractivity contribution in [2.75, 3.05) is 26.7 Å². The Morgan fingerprint density at radius 2 is 1.85 bits per heavy atom. The zero-order valence-corrected chi connectivity index (χ0v) is 9.77. The van der Waals surface area contributed by atoms with Crippen LogP contribution in [0.4, 0.5) is 0 Å². The Kier molecular flexibility index (Phi) is 8.46. The fourth-order valence-corrected chi connectivity index (χ4v) is 1.68. The Morgan fingerprint density at radius 1 is 1.15 bits per heavy atom. The molecule has 0 bridgehead atoms. The molecular weight excluding hydrogens is 160 g/mol. The molecule has 1 N–H and O–H groups in total. The van der Waals surface area contributed by atoms with Gasteiger partial charge in [0.1, 0.15) is 0 Å². The summed E-state index contributed by atoms with van der Waals surface area (Å²) in [5.74, 6) is 0. The molecule has 1 atom stereocenters. The molecule has 0 aliphatic rings. The number of nitrogens with one attached hydrogen (secondary N) is 1. The van der Waals surface area contributed by atoms with Gasteiger partial charge < -0.3 is 10.2 Å². The molecule has 0 saturated carbocycles. The van der Waals surface area contributed by atoms with Crippen molar-refractivity contribution in [1.29, 1.82) is 0 Å². The molecule has 0 aromatic heterocycles. The third kappa shape index (κ3) is 6.05. The highest BCUT2D eigenvalue weighted by molar-refractivity contribution is 4.69. The monoisotopic (exact) mass is 186 g/mol. The van der Waals surface area contributed by atoms with Gasteiger partial charge in [0.05, 0.1) is 0 Å². The minimum atomic E-state index is 0.677. The third-order valence-electron chi connectivity index (χ3n) is 2.51. The largest absolute Gasteiger partial charge is 0.316 e. The Labute approximate surface area is 83.7 Å². The molecule has 0 aromatic rings. The molecule has 2 heteroatoms. The summed E-state index contributed by atoms with van der Waals surface area (Å²) in [6.07, 6.45) is 3.82. The van der Waals surface area contributed by atoms with Crippen LogP contribution in [0.15, 0.2) is 0 Å². The molecule has 1 unspecified atom stereocenters. The van der Waals surface area contributed by atoms with Crippen LogP contribution in [0.25, 0.3) is 0 Å². The highest BCUT2D eigenvalue weighted by Crippen LogP contribution is 2.00. The van der Waals surface area contributed by atoms with E-state index in [-0.39, 0.29) is 0 Å². The van der Waals surface area contributed by atoms with Gasteiger partial charge in [0.15, 0.2) is 0 Å². The molecule has 0 radical (unpaired) electrons. The first-order chi connectivity index (χ1) is 6.28. The van der Waals surface area contributed by atoms with Crippen molar-refractivity contribution < 1.29 is 0 Å².